The zero-order chi connectivity index (χ0) is 14.9. The lowest BCUT2D eigenvalue weighted by Gasteiger charge is -2.09. The quantitative estimate of drug-likeness (QED) is 0.769. The van der Waals surface area contributed by atoms with Crippen molar-refractivity contribution in [2.75, 3.05) is 5.32 Å². The fraction of sp³-hybridized carbons (Fsp3) is 0.235. The smallest absolute Gasteiger partial charge is 0.132 e. The van der Waals surface area contributed by atoms with Crippen LogP contribution in [0.25, 0.3) is 10.6 Å². The van der Waals surface area contributed by atoms with Crippen molar-refractivity contribution in [2.24, 2.45) is 0 Å². The standard InChI is InChI=1S/C17H16N4S/c1-11-6-14(15-9-18-10-22-15)20-17(7-11)21-16-8-13(4-5-19-16)12-2-3-12/h4-10,12H,2-3H2,1H3,(H,19,20,21). The fourth-order valence-corrected chi connectivity index (χ4v) is 3.10. The Morgan fingerprint density at radius 3 is 2.86 bits per heavy atom. The van der Waals surface area contributed by atoms with E-state index < -0.39 is 0 Å². The van der Waals surface area contributed by atoms with Crippen molar-refractivity contribution in [1.29, 1.82) is 0 Å². The molecule has 0 aliphatic heterocycles. The van der Waals surface area contributed by atoms with E-state index >= 15 is 0 Å². The molecule has 1 aliphatic rings. The Balaban J connectivity index is 1.63. The first kappa shape index (κ1) is 13.4. The lowest BCUT2D eigenvalue weighted by molar-refractivity contribution is 1.11. The van der Waals surface area contributed by atoms with E-state index in [1.54, 1.807) is 11.3 Å². The minimum atomic E-state index is 0.724. The summed E-state index contributed by atoms with van der Waals surface area (Å²) >= 11 is 1.60. The molecule has 0 radical (unpaired) electrons. The molecular formula is C17H16N4S. The SMILES string of the molecule is Cc1cc(Nc2cc(C3CC3)ccn2)nc(-c2cncs2)c1. The van der Waals surface area contributed by atoms with E-state index in [1.807, 2.05) is 24.0 Å². The Hall–Kier alpha value is -2.27. The molecule has 0 aromatic carbocycles. The predicted molar refractivity (Wildman–Crippen MR) is 89.6 cm³/mol. The number of thiazole rings is 1. The highest BCUT2D eigenvalue weighted by molar-refractivity contribution is 7.13. The van der Waals surface area contributed by atoms with Crippen LogP contribution in [-0.2, 0) is 0 Å². The Morgan fingerprint density at radius 2 is 2.09 bits per heavy atom. The molecule has 3 aromatic rings. The van der Waals surface area contributed by atoms with Gasteiger partial charge in [0.05, 0.1) is 16.1 Å². The molecule has 3 heterocycles. The molecule has 0 atom stereocenters. The number of nitrogens with one attached hydrogen (secondary N) is 1. The summed E-state index contributed by atoms with van der Waals surface area (Å²) in [6.45, 7) is 2.07. The van der Waals surface area contributed by atoms with Gasteiger partial charge in [-0.2, -0.15) is 0 Å². The molecule has 0 amide bonds. The lowest BCUT2D eigenvalue weighted by Crippen LogP contribution is -1.98. The number of hydrogen-bond acceptors (Lipinski definition) is 5. The number of aryl methyl sites for hydroxylation is 1. The van der Waals surface area contributed by atoms with Crippen LogP contribution in [0, 0.1) is 6.92 Å². The van der Waals surface area contributed by atoms with Gasteiger partial charge in [-0.3, -0.25) is 4.98 Å². The van der Waals surface area contributed by atoms with E-state index in [0.717, 1.165) is 28.1 Å². The van der Waals surface area contributed by atoms with Crippen LogP contribution in [0.1, 0.15) is 29.9 Å². The number of hydrogen-bond donors (Lipinski definition) is 1. The van der Waals surface area contributed by atoms with Crippen LogP contribution in [0.2, 0.25) is 0 Å². The van der Waals surface area contributed by atoms with Crippen LogP contribution in [0.4, 0.5) is 11.6 Å². The van der Waals surface area contributed by atoms with E-state index in [-0.39, 0.29) is 0 Å². The third-order valence-electron chi connectivity index (χ3n) is 3.74. The molecule has 1 fully saturated rings. The molecule has 0 saturated heterocycles. The van der Waals surface area contributed by atoms with Gasteiger partial charge in [0.2, 0.25) is 0 Å². The second-order valence-corrected chi connectivity index (χ2v) is 6.54. The summed E-state index contributed by atoms with van der Waals surface area (Å²) in [5.74, 6) is 2.41. The molecule has 1 aliphatic carbocycles. The van der Waals surface area contributed by atoms with Crippen molar-refractivity contribution >= 4 is 23.0 Å². The minimum Gasteiger partial charge on any atom is -0.325 e. The Morgan fingerprint density at radius 1 is 1.18 bits per heavy atom. The van der Waals surface area contributed by atoms with Crippen molar-refractivity contribution in [1.82, 2.24) is 15.0 Å². The maximum atomic E-state index is 4.68. The number of anilines is 2. The van der Waals surface area contributed by atoms with E-state index in [2.05, 4.69) is 45.4 Å². The number of nitrogens with zero attached hydrogens (tertiary/aromatic N) is 3. The summed E-state index contributed by atoms with van der Waals surface area (Å²) in [5, 5.41) is 3.33. The first-order valence-electron chi connectivity index (χ1n) is 7.38. The van der Waals surface area contributed by atoms with Gasteiger partial charge in [0.25, 0.3) is 0 Å². The van der Waals surface area contributed by atoms with Gasteiger partial charge in [-0.25, -0.2) is 9.97 Å². The number of rotatable bonds is 4. The van der Waals surface area contributed by atoms with Crippen molar-refractivity contribution in [3.63, 3.8) is 0 Å². The summed E-state index contributed by atoms with van der Waals surface area (Å²) in [5.41, 5.74) is 5.31. The Bertz CT molecular complexity index is 794. The highest BCUT2D eigenvalue weighted by Crippen LogP contribution is 2.40. The summed E-state index contributed by atoms with van der Waals surface area (Å²) in [4.78, 5) is 14.3. The van der Waals surface area contributed by atoms with Crippen LogP contribution in [0.15, 0.2) is 42.2 Å². The highest BCUT2D eigenvalue weighted by atomic mass is 32.1. The molecule has 0 bridgehead atoms. The van der Waals surface area contributed by atoms with E-state index in [9.17, 15) is 0 Å². The molecule has 1 N–H and O–H groups in total. The maximum Gasteiger partial charge on any atom is 0.132 e. The topological polar surface area (TPSA) is 50.7 Å². The van der Waals surface area contributed by atoms with Gasteiger partial charge in [-0.05, 0) is 61.1 Å². The minimum absolute atomic E-state index is 0.724. The molecule has 110 valence electrons. The molecule has 5 heteroatoms. The average molecular weight is 308 g/mol. The molecule has 4 rings (SSSR count). The molecule has 0 unspecified atom stereocenters. The largest absolute Gasteiger partial charge is 0.325 e. The third-order valence-corrected chi connectivity index (χ3v) is 4.54. The van der Waals surface area contributed by atoms with Crippen molar-refractivity contribution in [3.05, 3.63) is 53.3 Å². The molecule has 4 nitrogen and oxygen atoms in total. The molecule has 0 spiro atoms. The summed E-state index contributed by atoms with van der Waals surface area (Å²) < 4.78 is 0. The first-order valence-corrected chi connectivity index (χ1v) is 8.26. The van der Waals surface area contributed by atoms with Gasteiger partial charge >= 0.3 is 0 Å². The fourth-order valence-electron chi connectivity index (χ4n) is 2.52. The monoisotopic (exact) mass is 308 g/mol. The predicted octanol–water partition coefficient (Wildman–Crippen LogP) is 4.53. The number of aromatic nitrogens is 3. The molecule has 1 saturated carbocycles. The van der Waals surface area contributed by atoms with E-state index in [0.29, 0.717) is 0 Å². The van der Waals surface area contributed by atoms with Gasteiger partial charge < -0.3 is 5.32 Å². The Labute approximate surface area is 133 Å². The highest BCUT2D eigenvalue weighted by Gasteiger charge is 2.23. The van der Waals surface area contributed by atoms with E-state index in [1.165, 1.54) is 24.0 Å². The van der Waals surface area contributed by atoms with Gasteiger partial charge in [-0.1, -0.05) is 0 Å². The molecule has 22 heavy (non-hydrogen) atoms. The summed E-state index contributed by atoms with van der Waals surface area (Å²) in [6.07, 6.45) is 6.31. The normalized spacial score (nSPS) is 14.0. The van der Waals surface area contributed by atoms with Crippen LogP contribution in [-0.4, -0.2) is 15.0 Å². The van der Waals surface area contributed by atoms with Crippen molar-refractivity contribution < 1.29 is 0 Å². The van der Waals surface area contributed by atoms with Gasteiger partial charge in [0, 0.05) is 12.4 Å². The van der Waals surface area contributed by atoms with Crippen LogP contribution in [0.5, 0.6) is 0 Å². The first-order chi connectivity index (χ1) is 10.8. The zero-order valence-corrected chi connectivity index (χ0v) is 13.1. The molecular weight excluding hydrogens is 292 g/mol. The zero-order valence-electron chi connectivity index (χ0n) is 12.3. The summed E-state index contributed by atoms with van der Waals surface area (Å²) in [6, 6.07) is 8.35. The average Bonchev–Trinajstić information content (AvgIpc) is 3.21. The molecule has 3 aromatic heterocycles. The third kappa shape index (κ3) is 2.85. The second-order valence-electron chi connectivity index (χ2n) is 5.65. The van der Waals surface area contributed by atoms with Crippen molar-refractivity contribution in [3.8, 4) is 10.6 Å². The van der Waals surface area contributed by atoms with Gasteiger partial charge in [0.15, 0.2) is 0 Å². The lowest BCUT2D eigenvalue weighted by atomic mass is 10.2. The van der Waals surface area contributed by atoms with Gasteiger partial charge in [-0.15, -0.1) is 11.3 Å². The second kappa shape index (κ2) is 5.50. The van der Waals surface area contributed by atoms with E-state index in [4.69, 9.17) is 0 Å². The number of pyridine rings is 2. The summed E-state index contributed by atoms with van der Waals surface area (Å²) in [7, 11) is 0. The van der Waals surface area contributed by atoms with Crippen LogP contribution < -0.4 is 5.32 Å². The van der Waals surface area contributed by atoms with Crippen LogP contribution in [0.3, 0.4) is 0 Å². The van der Waals surface area contributed by atoms with Crippen molar-refractivity contribution in [2.45, 2.75) is 25.7 Å². The maximum absolute atomic E-state index is 4.68. The Kier molecular flexibility index (Phi) is 3.35. The van der Waals surface area contributed by atoms with Gasteiger partial charge in [0.1, 0.15) is 11.6 Å². The van der Waals surface area contributed by atoms with Crippen LogP contribution >= 0.6 is 11.3 Å².